The van der Waals surface area contributed by atoms with E-state index in [0.717, 1.165) is 12.1 Å². The monoisotopic (exact) mass is 248 g/mol. The number of amides is 1. The Morgan fingerprint density at radius 2 is 2.11 bits per heavy atom. The average Bonchev–Trinajstić information content (AvgIpc) is 2.36. The van der Waals surface area contributed by atoms with Crippen LogP contribution in [0.4, 0.5) is 0 Å². The topological polar surface area (TPSA) is 62.5 Å². The van der Waals surface area contributed by atoms with Crippen LogP contribution in [0.15, 0.2) is 24.5 Å². The van der Waals surface area contributed by atoms with Crippen LogP contribution >= 0.6 is 0 Å². The van der Waals surface area contributed by atoms with Gasteiger partial charge in [-0.3, -0.25) is 14.7 Å². The molecule has 1 aromatic rings. The predicted molar refractivity (Wildman–Crippen MR) is 69.7 cm³/mol. The van der Waals surface area contributed by atoms with Gasteiger partial charge in [-0.05, 0) is 31.7 Å². The SMILES string of the molecule is CC1CN(C)C(CN)C(=O)N1Cc1ccncc1. The molecule has 18 heavy (non-hydrogen) atoms. The maximum absolute atomic E-state index is 12.4. The minimum atomic E-state index is -0.192. The molecule has 2 rings (SSSR count). The van der Waals surface area contributed by atoms with Gasteiger partial charge >= 0.3 is 0 Å². The quantitative estimate of drug-likeness (QED) is 0.822. The lowest BCUT2D eigenvalue weighted by Gasteiger charge is -2.42. The molecule has 0 aliphatic carbocycles. The fraction of sp³-hybridized carbons (Fsp3) is 0.538. The fourth-order valence-electron chi connectivity index (χ4n) is 2.44. The van der Waals surface area contributed by atoms with Crippen LogP contribution < -0.4 is 5.73 Å². The van der Waals surface area contributed by atoms with Gasteiger partial charge in [0.25, 0.3) is 0 Å². The van der Waals surface area contributed by atoms with Crippen LogP contribution in [0.1, 0.15) is 12.5 Å². The summed E-state index contributed by atoms with van der Waals surface area (Å²) in [5, 5.41) is 0. The summed E-state index contributed by atoms with van der Waals surface area (Å²) >= 11 is 0. The van der Waals surface area contributed by atoms with E-state index in [4.69, 9.17) is 5.73 Å². The van der Waals surface area contributed by atoms with E-state index in [1.54, 1.807) is 12.4 Å². The van der Waals surface area contributed by atoms with Gasteiger partial charge in [0.05, 0.1) is 0 Å². The molecule has 2 N–H and O–H groups in total. The van der Waals surface area contributed by atoms with Gasteiger partial charge < -0.3 is 10.6 Å². The molecular weight excluding hydrogens is 228 g/mol. The summed E-state index contributed by atoms with van der Waals surface area (Å²) in [6.45, 7) is 3.93. The molecule has 0 bridgehead atoms. The van der Waals surface area contributed by atoms with E-state index in [0.29, 0.717) is 13.1 Å². The van der Waals surface area contributed by atoms with Crippen LogP contribution in [0.5, 0.6) is 0 Å². The maximum Gasteiger partial charge on any atom is 0.241 e. The lowest BCUT2D eigenvalue weighted by molar-refractivity contribution is -0.144. The summed E-state index contributed by atoms with van der Waals surface area (Å²) in [4.78, 5) is 20.3. The summed E-state index contributed by atoms with van der Waals surface area (Å²) in [5.41, 5.74) is 6.79. The maximum atomic E-state index is 12.4. The molecule has 0 saturated carbocycles. The molecule has 1 fully saturated rings. The Bertz CT molecular complexity index is 409. The second-order valence-electron chi connectivity index (χ2n) is 4.86. The standard InChI is InChI=1S/C13H20N4O/c1-10-8-16(2)12(7-14)13(18)17(10)9-11-3-5-15-6-4-11/h3-6,10,12H,7-9,14H2,1-2H3. The first-order valence-electron chi connectivity index (χ1n) is 6.23. The summed E-state index contributed by atoms with van der Waals surface area (Å²) in [6, 6.07) is 3.90. The Morgan fingerprint density at radius 1 is 1.44 bits per heavy atom. The van der Waals surface area contributed by atoms with E-state index in [9.17, 15) is 4.79 Å². The van der Waals surface area contributed by atoms with E-state index < -0.39 is 0 Å². The lowest BCUT2D eigenvalue weighted by Crippen LogP contribution is -2.61. The number of piperazine rings is 1. The summed E-state index contributed by atoms with van der Waals surface area (Å²) in [6.07, 6.45) is 3.50. The predicted octanol–water partition coefficient (Wildman–Crippen LogP) is 0.0714. The fourth-order valence-corrected chi connectivity index (χ4v) is 2.44. The number of rotatable bonds is 3. The van der Waals surface area contributed by atoms with Crippen molar-refractivity contribution in [3.63, 3.8) is 0 Å². The molecule has 1 aliphatic rings. The van der Waals surface area contributed by atoms with Crippen LogP contribution in [0.3, 0.4) is 0 Å². The number of hydrogen-bond donors (Lipinski definition) is 1. The number of nitrogens with two attached hydrogens (primary N) is 1. The zero-order valence-corrected chi connectivity index (χ0v) is 10.9. The molecule has 2 unspecified atom stereocenters. The van der Waals surface area contributed by atoms with Crippen molar-refractivity contribution in [2.24, 2.45) is 5.73 Å². The first kappa shape index (κ1) is 13.0. The third-order valence-corrected chi connectivity index (χ3v) is 3.51. The van der Waals surface area contributed by atoms with Crippen molar-refractivity contribution in [1.29, 1.82) is 0 Å². The zero-order valence-electron chi connectivity index (χ0n) is 10.9. The van der Waals surface area contributed by atoms with Gasteiger partial charge in [0.2, 0.25) is 5.91 Å². The highest BCUT2D eigenvalue weighted by Gasteiger charge is 2.35. The van der Waals surface area contributed by atoms with E-state index in [1.165, 1.54) is 0 Å². The van der Waals surface area contributed by atoms with E-state index >= 15 is 0 Å². The van der Waals surface area contributed by atoms with Crippen LogP contribution in [-0.2, 0) is 11.3 Å². The van der Waals surface area contributed by atoms with Crippen LogP contribution in [0.25, 0.3) is 0 Å². The van der Waals surface area contributed by atoms with Gasteiger partial charge in [-0.25, -0.2) is 0 Å². The van der Waals surface area contributed by atoms with Crippen molar-refractivity contribution in [2.45, 2.75) is 25.6 Å². The van der Waals surface area contributed by atoms with Crippen LogP contribution in [0.2, 0.25) is 0 Å². The van der Waals surface area contributed by atoms with Gasteiger partial charge in [0, 0.05) is 38.1 Å². The van der Waals surface area contributed by atoms with Crippen LogP contribution in [0, 0.1) is 0 Å². The highest BCUT2D eigenvalue weighted by Crippen LogP contribution is 2.17. The second kappa shape index (κ2) is 5.46. The summed E-state index contributed by atoms with van der Waals surface area (Å²) in [7, 11) is 1.95. The highest BCUT2D eigenvalue weighted by molar-refractivity contribution is 5.83. The molecule has 1 aliphatic heterocycles. The molecule has 2 atom stereocenters. The zero-order chi connectivity index (χ0) is 13.1. The van der Waals surface area contributed by atoms with E-state index in [2.05, 4.69) is 11.9 Å². The smallest absolute Gasteiger partial charge is 0.241 e. The minimum absolute atomic E-state index is 0.121. The summed E-state index contributed by atoms with van der Waals surface area (Å²) < 4.78 is 0. The Hall–Kier alpha value is -1.46. The first-order chi connectivity index (χ1) is 8.63. The first-order valence-corrected chi connectivity index (χ1v) is 6.23. The van der Waals surface area contributed by atoms with E-state index in [1.807, 2.05) is 29.0 Å². The Labute approximate surface area is 108 Å². The third-order valence-electron chi connectivity index (χ3n) is 3.51. The van der Waals surface area contributed by atoms with Gasteiger partial charge in [0.1, 0.15) is 6.04 Å². The van der Waals surface area contributed by atoms with E-state index in [-0.39, 0.29) is 18.0 Å². The molecule has 1 amide bonds. The van der Waals surface area contributed by atoms with Crippen molar-refractivity contribution >= 4 is 5.91 Å². The molecule has 1 saturated heterocycles. The molecule has 98 valence electrons. The van der Waals surface area contributed by atoms with Crippen molar-refractivity contribution in [1.82, 2.24) is 14.8 Å². The molecule has 5 heteroatoms. The van der Waals surface area contributed by atoms with Crippen LogP contribution in [-0.4, -0.2) is 52.9 Å². The number of likely N-dealkylation sites (N-methyl/N-ethyl adjacent to an activating group) is 1. The lowest BCUT2D eigenvalue weighted by atomic mass is 10.1. The molecule has 5 nitrogen and oxygen atoms in total. The van der Waals surface area contributed by atoms with Crippen molar-refractivity contribution in [3.05, 3.63) is 30.1 Å². The van der Waals surface area contributed by atoms with Gasteiger partial charge in [-0.2, -0.15) is 0 Å². The van der Waals surface area contributed by atoms with Gasteiger partial charge in [0.15, 0.2) is 0 Å². The number of nitrogens with zero attached hydrogens (tertiary/aromatic N) is 3. The molecule has 0 aromatic carbocycles. The molecule has 1 aromatic heterocycles. The van der Waals surface area contributed by atoms with Crippen molar-refractivity contribution in [2.75, 3.05) is 20.1 Å². The van der Waals surface area contributed by atoms with Crippen molar-refractivity contribution in [3.8, 4) is 0 Å². The Balaban J connectivity index is 2.13. The second-order valence-corrected chi connectivity index (χ2v) is 4.86. The number of carbonyl (C=O) groups excluding carboxylic acids is 1. The molecule has 0 spiro atoms. The highest BCUT2D eigenvalue weighted by atomic mass is 16.2. The normalized spacial score (nSPS) is 25.5. The Kier molecular flexibility index (Phi) is 3.93. The largest absolute Gasteiger partial charge is 0.333 e. The molecule has 2 heterocycles. The average molecular weight is 248 g/mol. The number of aromatic nitrogens is 1. The third kappa shape index (κ3) is 2.52. The van der Waals surface area contributed by atoms with Gasteiger partial charge in [-0.15, -0.1) is 0 Å². The minimum Gasteiger partial charge on any atom is -0.333 e. The Morgan fingerprint density at radius 3 is 2.72 bits per heavy atom. The van der Waals surface area contributed by atoms with Crippen molar-refractivity contribution < 1.29 is 4.79 Å². The summed E-state index contributed by atoms with van der Waals surface area (Å²) in [5.74, 6) is 0.121. The number of hydrogen-bond acceptors (Lipinski definition) is 4. The molecular formula is C13H20N4O. The number of carbonyl (C=O) groups is 1. The number of pyridine rings is 1. The van der Waals surface area contributed by atoms with Gasteiger partial charge in [-0.1, -0.05) is 0 Å². The molecule has 0 radical (unpaired) electrons.